The lowest BCUT2D eigenvalue weighted by molar-refractivity contribution is -0.0408. The summed E-state index contributed by atoms with van der Waals surface area (Å²) in [6, 6.07) is 33.6. The van der Waals surface area contributed by atoms with Crippen LogP contribution < -0.4 is 5.73 Å². The van der Waals surface area contributed by atoms with Gasteiger partial charge >= 0.3 is 6.03 Å². The molecule has 1 fully saturated rings. The van der Waals surface area contributed by atoms with Gasteiger partial charge < -0.3 is 25.7 Å². The maximum atomic E-state index is 14.7. The number of fused-ring (bicyclic) bond motifs is 1. The van der Waals surface area contributed by atoms with Crippen molar-refractivity contribution in [1.29, 1.82) is 0 Å². The summed E-state index contributed by atoms with van der Waals surface area (Å²) in [5.41, 5.74) is 10.5. The average molecular weight is 562 g/mol. The van der Waals surface area contributed by atoms with Gasteiger partial charge in [-0.2, -0.15) is 5.10 Å². The van der Waals surface area contributed by atoms with Crippen LogP contribution >= 0.6 is 0 Å². The van der Waals surface area contributed by atoms with Crippen molar-refractivity contribution in [3.8, 4) is 0 Å². The van der Waals surface area contributed by atoms with Crippen LogP contribution in [0.3, 0.4) is 0 Å². The molecule has 214 valence electrons. The van der Waals surface area contributed by atoms with Crippen molar-refractivity contribution in [2.75, 3.05) is 5.73 Å². The largest absolute Gasteiger partial charge is 0.388 e. The first kappa shape index (κ1) is 27.5. The summed E-state index contributed by atoms with van der Waals surface area (Å²) < 4.78 is 0. The van der Waals surface area contributed by atoms with Crippen LogP contribution in [0.15, 0.2) is 109 Å². The Balaban J connectivity index is 1.43. The number of anilines is 1. The minimum atomic E-state index is -1.19. The first-order valence-corrected chi connectivity index (χ1v) is 14.3. The fraction of sp³-hybridized carbons (Fsp3) is 0.235. The molecule has 4 aromatic carbocycles. The summed E-state index contributed by atoms with van der Waals surface area (Å²) in [6.07, 6.45) is -1.56. The van der Waals surface area contributed by atoms with E-state index in [0.717, 1.165) is 33.2 Å². The number of aromatic nitrogens is 2. The smallest absolute Gasteiger partial charge is 0.321 e. The van der Waals surface area contributed by atoms with Crippen molar-refractivity contribution in [3.05, 3.63) is 131 Å². The number of H-pyrrole nitrogens is 1. The molecule has 42 heavy (non-hydrogen) atoms. The molecule has 1 saturated heterocycles. The van der Waals surface area contributed by atoms with Gasteiger partial charge in [-0.05, 0) is 47.2 Å². The molecule has 4 atom stereocenters. The highest BCUT2D eigenvalue weighted by molar-refractivity contribution is 5.89. The molecule has 1 aromatic heterocycles. The summed E-state index contributed by atoms with van der Waals surface area (Å²) >= 11 is 0. The second-order valence-electron chi connectivity index (χ2n) is 11.0. The standard InChI is InChI=1S/C34H35N5O3/c35-33-27-17-16-26(18-28(27)36-37-33)22-39-30(20-24-12-6-2-7-13-24)32(41)31(40)29(19-23-10-4-1-5-11-23)38(34(39)42)21-25-14-8-3-9-15-25/h1-18,29-32,40-41H,19-22H2,(H3,35,36,37). The number of hydrogen-bond acceptors (Lipinski definition) is 5. The van der Waals surface area contributed by atoms with E-state index in [0.29, 0.717) is 25.2 Å². The SMILES string of the molecule is Nc1n[nH]c2cc(CN3C(=O)N(Cc4ccccc4)C(Cc4ccccc4)C(O)C(O)C3Cc3ccccc3)ccc12. The maximum absolute atomic E-state index is 14.7. The van der Waals surface area contributed by atoms with Crippen LogP contribution in [0.1, 0.15) is 22.3 Å². The van der Waals surface area contributed by atoms with Gasteiger partial charge in [0.05, 0.1) is 17.6 Å². The predicted molar refractivity (Wildman–Crippen MR) is 163 cm³/mol. The van der Waals surface area contributed by atoms with Gasteiger partial charge in [0, 0.05) is 18.5 Å². The third kappa shape index (κ3) is 5.72. The van der Waals surface area contributed by atoms with E-state index >= 15 is 0 Å². The molecule has 0 spiro atoms. The lowest BCUT2D eigenvalue weighted by Crippen LogP contribution is -2.50. The zero-order valence-electron chi connectivity index (χ0n) is 23.3. The molecule has 0 radical (unpaired) electrons. The molecular weight excluding hydrogens is 526 g/mol. The number of urea groups is 1. The van der Waals surface area contributed by atoms with E-state index in [1.54, 1.807) is 9.80 Å². The molecule has 1 aliphatic heterocycles. The first-order valence-electron chi connectivity index (χ1n) is 14.3. The minimum absolute atomic E-state index is 0.234. The Labute approximate surface area is 245 Å². The van der Waals surface area contributed by atoms with Gasteiger partial charge in [0.15, 0.2) is 5.82 Å². The highest BCUT2D eigenvalue weighted by atomic mass is 16.3. The number of carbonyl (C=O) groups excluding carboxylic acids is 1. The molecular formula is C34H35N5O3. The monoisotopic (exact) mass is 561 g/mol. The minimum Gasteiger partial charge on any atom is -0.388 e. The molecule has 6 rings (SSSR count). The Morgan fingerprint density at radius 2 is 1.14 bits per heavy atom. The summed E-state index contributed by atoms with van der Waals surface area (Å²) in [5, 5.41) is 31.5. The number of aromatic amines is 1. The maximum Gasteiger partial charge on any atom is 0.321 e. The number of nitrogen functional groups attached to an aromatic ring is 1. The number of benzene rings is 4. The molecule has 1 aliphatic rings. The third-order valence-corrected chi connectivity index (χ3v) is 8.21. The Kier molecular flexibility index (Phi) is 7.90. The number of nitrogens with two attached hydrogens (primary N) is 1. The Morgan fingerprint density at radius 1 is 0.667 bits per heavy atom. The number of nitrogens with zero attached hydrogens (tertiary/aromatic N) is 3. The lowest BCUT2D eigenvalue weighted by Gasteiger charge is -2.36. The number of aliphatic hydroxyl groups excluding tert-OH is 2. The fourth-order valence-corrected chi connectivity index (χ4v) is 5.98. The van der Waals surface area contributed by atoms with Gasteiger partial charge in [-0.1, -0.05) is 97.1 Å². The van der Waals surface area contributed by atoms with E-state index in [9.17, 15) is 15.0 Å². The van der Waals surface area contributed by atoms with Crippen LogP contribution in [0, 0.1) is 0 Å². The third-order valence-electron chi connectivity index (χ3n) is 8.21. The summed E-state index contributed by atoms with van der Waals surface area (Å²) in [7, 11) is 0. The predicted octanol–water partition coefficient (Wildman–Crippen LogP) is 4.53. The van der Waals surface area contributed by atoms with Crippen molar-refractivity contribution in [1.82, 2.24) is 20.0 Å². The zero-order valence-corrected chi connectivity index (χ0v) is 23.3. The van der Waals surface area contributed by atoms with Gasteiger partial charge in [0.1, 0.15) is 12.2 Å². The summed E-state index contributed by atoms with van der Waals surface area (Å²) in [6.45, 7) is 0.532. The zero-order chi connectivity index (χ0) is 29.1. The van der Waals surface area contributed by atoms with E-state index in [-0.39, 0.29) is 12.6 Å². The second-order valence-corrected chi connectivity index (χ2v) is 11.0. The van der Waals surface area contributed by atoms with Gasteiger partial charge in [0.25, 0.3) is 0 Å². The Bertz CT molecular complexity index is 1630. The quantitative estimate of drug-likeness (QED) is 0.222. The van der Waals surface area contributed by atoms with Gasteiger partial charge in [-0.3, -0.25) is 5.10 Å². The van der Waals surface area contributed by atoms with Gasteiger partial charge in [-0.15, -0.1) is 0 Å². The highest BCUT2D eigenvalue weighted by Crippen LogP contribution is 2.30. The molecule has 0 bridgehead atoms. The van der Waals surface area contributed by atoms with Crippen LogP contribution in [0.4, 0.5) is 10.6 Å². The number of rotatable bonds is 8. The second kappa shape index (κ2) is 12.1. The van der Waals surface area contributed by atoms with Crippen LogP contribution in [-0.4, -0.2) is 60.5 Å². The number of nitrogens with one attached hydrogen (secondary N) is 1. The van der Waals surface area contributed by atoms with Crippen molar-refractivity contribution in [2.24, 2.45) is 0 Å². The summed E-state index contributed by atoms with van der Waals surface area (Å²) in [4.78, 5) is 18.2. The van der Waals surface area contributed by atoms with Crippen molar-refractivity contribution in [2.45, 2.75) is 50.2 Å². The Hall–Kier alpha value is -4.66. The van der Waals surface area contributed by atoms with Crippen molar-refractivity contribution in [3.63, 3.8) is 0 Å². The number of aliphatic hydroxyl groups is 2. The molecule has 2 amide bonds. The van der Waals surface area contributed by atoms with Crippen molar-refractivity contribution >= 4 is 22.8 Å². The number of amides is 2. The molecule has 2 heterocycles. The van der Waals surface area contributed by atoms with Crippen molar-refractivity contribution < 1.29 is 15.0 Å². The van der Waals surface area contributed by atoms with Gasteiger partial charge in [-0.25, -0.2) is 4.79 Å². The molecule has 0 saturated carbocycles. The molecule has 8 nitrogen and oxygen atoms in total. The van der Waals surface area contributed by atoms with E-state index in [1.807, 2.05) is 109 Å². The Morgan fingerprint density at radius 3 is 1.67 bits per heavy atom. The summed E-state index contributed by atoms with van der Waals surface area (Å²) in [5.74, 6) is 0.417. The molecule has 5 aromatic rings. The van der Waals surface area contributed by atoms with Crippen LogP contribution in [-0.2, 0) is 25.9 Å². The van der Waals surface area contributed by atoms with E-state index in [4.69, 9.17) is 5.73 Å². The molecule has 0 aliphatic carbocycles. The topological polar surface area (TPSA) is 119 Å². The normalized spacial score (nSPS) is 21.0. The lowest BCUT2D eigenvalue weighted by atomic mass is 9.91. The number of carbonyl (C=O) groups is 1. The van der Waals surface area contributed by atoms with Crippen LogP contribution in [0.5, 0.6) is 0 Å². The van der Waals surface area contributed by atoms with E-state index in [2.05, 4.69) is 10.2 Å². The first-order chi connectivity index (χ1) is 20.5. The van der Waals surface area contributed by atoms with E-state index in [1.165, 1.54) is 0 Å². The molecule has 5 N–H and O–H groups in total. The number of hydrogen-bond donors (Lipinski definition) is 4. The van der Waals surface area contributed by atoms with Crippen LogP contribution in [0.2, 0.25) is 0 Å². The fourth-order valence-electron chi connectivity index (χ4n) is 5.98. The molecule has 4 unspecified atom stereocenters. The average Bonchev–Trinajstić information content (AvgIpc) is 3.38. The molecule has 8 heteroatoms. The highest BCUT2D eigenvalue weighted by Gasteiger charge is 2.46. The van der Waals surface area contributed by atoms with Crippen LogP contribution in [0.25, 0.3) is 10.9 Å². The van der Waals surface area contributed by atoms with Gasteiger partial charge in [0.2, 0.25) is 0 Å². The van der Waals surface area contributed by atoms with E-state index < -0.39 is 24.3 Å².